The van der Waals surface area contributed by atoms with E-state index in [9.17, 15) is 13.2 Å². The maximum atomic E-state index is 13.2. The van der Waals surface area contributed by atoms with Crippen LogP contribution in [0.5, 0.6) is 0 Å². The first-order valence-corrected chi connectivity index (χ1v) is 6.44. The molecule has 1 aliphatic heterocycles. The smallest absolute Gasteiger partial charge is 0.310 e. The van der Waals surface area contributed by atoms with Crippen molar-refractivity contribution in [2.45, 2.75) is 43.3 Å². The molecule has 2 aliphatic rings. The third-order valence-electron chi connectivity index (χ3n) is 4.20. The second-order valence-electron chi connectivity index (χ2n) is 5.32. The molecular weight excluding hydrogens is 239 g/mol. The minimum absolute atomic E-state index is 0.0982. The standard InChI is InChI=1S/C14H16F3N/c15-14(16,17)13(7-8-13)11-5-2-1-4-10(11)12-6-3-9-18-12/h1-2,4-5,12,18H,3,6-9H2. The van der Waals surface area contributed by atoms with E-state index in [4.69, 9.17) is 0 Å². The van der Waals surface area contributed by atoms with Gasteiger partial charge in [0.15, 0.2) is 0 Å². The second-order valence-corrected chi connectivity index (χ2v) is 5.32. The molecular formula is C14H16F3N. The fourth-order valence-corrected chi connectivity index (χ4v) is 3.02. The molecule has 0 amide bonds. The molecule has 1 aromatic carbocycles. The summed E-state index contributed by atoms with van der Waals surface area (Å²) in [5, 5.41) is 3.30. The number of nitrogens with one attached hydrogen (secondary N) is 1. The van der Waals surface area contributed by atoms with Gasteiger partial charge < -0.3 is 5.32 Å². The van der Waals surface area contributed by atoms with Crippen molar-refractivity contribution in [2.24, 2.45) is 0 Å². The normalized spacial score (nSPS) is 26.3. The lowest BCUT2D eigenvalue weighted by atomic mass is 9.87. The van der Waals surface area contributed by atoms with E-state index in [1.807, 2.05) is 12.1 Å². The largest absolute Gasteiger partial charge is 0.398 e. The first-order chi connectivity index (χ1) is 8.55. The molecule has 0 spiro atoms. The van der Waals surface area contributed by atoms with Gasteiger partial charge in [0, 0.05) is 6.04 Å². The summed E-state index contributed by atoms with van der Waals surface area (Å²) in [6.07, 6.45) is -1.68. The Hall–Kier alpha value is -1.03. The topological polar surface area (TPSA) is 12.0 Å². The highest BCUT2D eigenvalue weighted by Crippen LogP contribution is 2.60. The summed E-state index contributed by atoms with van der Waals surface area (Å²) in [7, 11) is 0. The van der Waals surface area contributed by atoms with Gasteiger partial charge in [0.05, 0.1) is 5.41 Å². The third kappa shape index (κ3) is 1.74. The van der Waals surface area contributed by atoms with E-state index in [0.717, 1.165) is 24.9 Å². The van der Waals surface area contributed by atoms with Gasteiger partial charge in [-0.2, -0.15) is 13.2 Å². The van der Waals surface area contributed by atoms with Crippen molar-refractivity contribution < 1.29 is 13.2 Å². The molecule has 18 heavy (non-hydrogen) atoms. The van der Waals surface area contributed by atoms with E-state index in [1.54, 1.807) is 12.1 Å². The van der Waals surface area contributed by atoms with Crippen molar-refractivity contribution in [2.75, 3.05) is 6.54 Å². The van der Waals surface area contributed by atoms with Gasteiger partial charge in [-0.1, -0.05) is 24.3 Å². The summed E-state index contributed by atoms with van der Waals surface area (Å²) in [6.45, 7) is 0.901. The number of rotatable bonds is 2. The Bertz CT molecular complexity index is 443. The Morgan fingerprint density at radius 1 is 1.17 bits per heavy atom. The van der Waals surface area contributed by atoms with Crippen LogP contribution in [0.2, 0.25) is 0 Å². The lowest BCUT2D eigenvalue weighted by Crippen LogP contribution is -2.31. The average Bonchev–Trinajstić information content (AvgIpc) is 2.98. The van der Waals surface area contributed by atoms with Gasteiger partial charge in [0.2, 0.25) is 0 Å². The molecule has 1 saturated heterocycles. The zero-order valence-electron chi connectivity index (χ0n) is 10.1. The van der Waals surface area contributed by atoms with E-state index in [2.05, 4.69) is 5.32 Å². The van der Waals surface area contributed by atoms with Crippen LogP contribution in [0.3, 0.4) is 0 Å². The van der Waals surface area contributed by atoms with Crippen LogP contribution in [0.4, 0.5) is 13.2 Å². The number of halogens is 3. The van der Waals surface area contributed by atoms with E-state index < -0.39 is 11.6 Å². The number of alkyl halides is 3. The van der Waals surface area contributed by atoms with Gasteiger partial charge in [-0.25, -0.2) is 0 Å². The minimum Gasteiger partial charge on any atom is -0.310 e. The third-order valence-corrected chi connectivity index (χ3v) is 4.20. The lowest BCUT2D eigenvalue weighted by molar-refractivity contribution is -0.160. The summed E-state index contributed by atoms with van der Waals surface area (Å²) in [5.74, 6) is 0. The molecule has 2 fully saturated rings. The SMILES string of the molecule is FC(F)(F)C1(c2ccccc2C2CCCN2)CC1. The monoisotopic (exact) mass is 255 g/mol. The Labute approximate surface area is 104 Å². The zero-order valence-corrected chi connectivity index (χ0v) is 10.1. The number of hydrogen-bond acceptors (Lipinski definition) is 1. The summed E-state index contributed by atoms with van der Waals surface area (Å²) < 4.78 is 39.7. The molecule has 1 atom stereocenters. The fraction of sp³-hybridized carbons (Fsp3) is 0.571. The van der Waals surface area contributed by atoms with Gasteiger partial charge in [-0.15, -0.1) is 0 Å². The summed E-state index contributed by atoms with van der Waals surface area (Å²) in [4.78, 5) is 0. The molecule has 98 valence electrons. The maximum Gasteiger partial charge on any atom is 0.398 e. The molecule has 1 unspecified atom stereocenters. The van der Waals surface area contributed by atoms with Crippen LogP contribution in [-0.2, 0) is 5.41 Å². The van der Waals surface area contributed by atoms with E-state index in [-0.39, 0.29) is 18.9 Å². The first-order valence-electron chi connectivity index (χ1n) is 6.44. The molecule has 3 rings (SSSR count). The number of hydrogen-bond donors (Lipinski definition) is 1. The minimum atomic E-state index is -4.12. The van der Waals surface area contributed by atoms with Crippen LogP contribution in [0, 0.1) is 0 Å². The Morgan fingerprint density at radius 3 is 2.44 bits per heavy atom. The maximum absolute atomic E-state index is 13.2. The molecule has 0 aromatic heterocycles. The van der Waals surface area contributed by atoms with Crippen molar-refractivity contribution in [1.82, 2.24) is 5.32 Å². The fourth-order valence-electron chi connectivity index (χ4n) is 3.02. The predicted octanol–water partition coefficient (Wildman–Crippen LogP) is 3.71. The van der Waals surface area contributed by atoms with Crippen molar-refractivity contribution >= 4 is 0 Å². The Morgan fingerprint density at radius 2 is 1.89 bits per heavy atom. The Kier molecular flexibility index (Phi) is 2.66. The molecule has 0 bridgehead atoms. The summed E-state index contributed by atoms with van der Waals surface area (Å²) >= 11 is 0. The molecule has 1 nitrogen and oxygen atoms in total. The quantitative estimate of drug-likeness (QED) is 0.849. The Balaban J connectivity index is 2.02. The zero-order chi connectivity index (χ0) is 12.8. The molecule has 1 saturated carbocycles. The van der Waals surface area contributed by atoms with Gasteiger partial charge in [0.1, 0.15) is 0 Å². The highest BCUT2D eigenvalue weighted by Gasteiger charge is 2.64. The highest BCUT2D eigenvalue weighted by atomic mass is 19.4. The van der Waals surface area contributed by atoms with Gasteiger partial charge in [0.25, 0.3) is 0 Å². The van der Waals surface area contributed by atoms with E-state index in [0.29, 0.717) is 5.56 Å². The van der Waals surface area contributed by atoms with Gasteiger partial charge in [-0.05, 0) is 43.4 Å². The summed E-state index contributed by atoms with van der Waals surface area (Å²) in [6, 6.07) is 7.17. The molecule has 0 radical (unpaired) electrons. The van der Waals surface area contributed by atoms with E-state index in [1.165, 1.54) is 0 Å². The van der Waals surface area contributed by atoms with Crippen LogP contribution in [-0.4, -0.2) is 12.7 Å². The second kappa shape index (κ2) is 3.98. The molecule has 1 aromatic rings. The van der Waals surface area contributed by atoms with Crippen molar-refractivity contribution in [1.29, 1.82) is 0 Å². The predicted molar refractivity (Wildman–Crippen MR) is 63.4 cm³/mol. The molecule has 1 aliphatic carbocycles. The molecule has 1 N–H and O–H groups in total. The van der Waals surface area contributed by atoms with Crippen LogP contribution in [0.15, 0.2) is 24.3 Å². The summed E-state index contributed by atoms with van der Waals surface area (Å²) in [5.41, 5.74) is -0.213. The highest BCUT2D eigenvalue weighted by molar-refractivity contribution is 5.42. The van der Waals surface area contributed by atoms with Crippen LogP contribution < -0.4 is 5.32 Å². The number of benzene rings is 1. The molecule has 4 heteroatoms. The first kappa shape index (κ1) is 12.0. The lowest BCUT2D eigenvalue weighted by Gasteiger charge is -2.25. The van der Waals surface area contributed by atoms with Gasteiger partial charge in [-0.3, -0.25) is 0 Å². The van der Waals surface area contributed by atoms with Crippen molar-refractivity contribution in [3.05, 3.63) is 35.4 Å². The van der Waals surface area contributed by atoms with Crippen LogP contribution in [0.25, 0.3) is 0 Å². The van der Waals surface area contributed by atoms with Crippen LogP contribution >= 0.6 is 0 Å². The van der Waals surface area contributed by atoms with Crippen molar-refractivity contribution in [3.63, 3.8) is 0 Å². The molecule has 1 heterocycles. The van der Waals surface area contributed by atoms with Crippen molar-refractivity contribution in [3.8, 4) is 0 Å². The van der Waals surface area contributed by atoms with Crippen LogP contribution in [0.1, 0.15) is 42.9 Å². The van der Waals surface area contributed by atoms with E-state index >= 15 is 0 Å². The van der Waals surface area contributed by atoms with Gasteiger partial charge >= 0.3 is 6.18 Å². The average molecular weight is 255 g/mol.